The Morgan fingerprint density at radius 1 is 0.421 bits per heavy atom. The largest absolute Gasteiger partial charge is 0.460 e. The molecule has 3 nitrogen and oxygen atoms in total. The Labute approximate surface area is 331 Å². The molecule has 11 aromatic rings. The first-order valence-corrected chi connectivity index (χ1v) is 19.6. The fourth-order valence-electron chi connectivity index (χ4n) is 8.84. The van der Waals surface area contributed by atoms with Gasteiger partial charge in [-0.1, -0.05) is 133 Å². The lowest BCUT2D eigenvalue weighted by atomic mass is 9.98. The number of fused-ring (bicyclic) bond motifs is 7. The minimum atomic E-state index is 0.941. The third-order valence-electron chi connectivity index (χ3n) is 11.8. The number of anilines is 3. The molecule has 2 heterocycles. The van der Waals surface area contributed by atoms with E-state index in [1.807, 2.05) is 6.92 Å². The molecule has 0 atom stereocenters. The molecule has 57 heavy (non-hydrogen) atoms. The van der Waals surface area contributed by atoms with E-state index in [1.165, 1.54) is 71.1 Å². The zero-order valence-electron chi connectivity index (χ0n) is 31.8. The summed E-state index contributed by atoms with van der Waals surface area (Å²) in [6, 6.07) is 70.4. The monoisotopic (exact) mass is 730 g/mol. The fourth-order valence-corrected chi connectivity index (χ4v) is 8.84. The van der Waals surface area contributed by atoms with Gasteiger partial charge < -0.3 is 13.9 Å². The van der Waals surface area contributed by atoms with Crippen LogP contribution in [0.3, 0.4) is 0 Å². The number of hydrogen-bond donors (Lipinski definition) is 0. The summed E-state index contributed by atoms with van der Waals surface area (Å²) in [5.41, 5.74) is 13.6. The molecule has 0 unspecified atom stereocenters. The summed E-state index contributed by atoms with van der Waals surface area (Å²) >= 11 is 0. The molecular formula is C54H38N2O. The Morgan fingerprint density at radius 2 is 1.02 bits per heavy atom. The Kier molecular flexibility index (Phi) is 7.61. The normalized spacial score (nSPS) is 11.7. The highest BCUT2D eigenvalue weighted by molar-refractivity contribution is 6.15. The SMILES string of the molecule is Cc1oc2c(-c3ccc(N(c4ccc(-c5ccc6c(c5)c5ccccc5n6-c5ccccc5)cc4)c4cc5ccccc5c5ccccc45)cc3)cccc2c1C. The molecule has 11 rings (SSSR count). The zero-order chi connectivity index (χ0) is 38.0. The van der Waals surface area contributed by atoms with Crippen LogP contribution in [0.1, 0.15) is 11.3 Å². The van der Waals surface area contributed by atoms with E-state index in [9.17, 15) is 0 Å². The fraction of sp³-hybridized carbons (Fsp3) is 0.0370. The van der Waals surface area contributed by atoms with E-state index < -0.39 is 0 Å². The molecule has 0 bridgehead atoms. The van der Waals surface area contributed by atoms with Crippen molar-refractivity contribution in [2.24, 2.45) is 0 Å². The molecule has 0 fully saturated rings. The van der Waals surface area contributed by atoms with E-state index in [1.54, 1.807) is 0 Å². The molecule has 270 valence electrons. The Balaban J connectivity index is 1.05. The van der Waals surface area contributed by atoms with E-state index >= 15 is 0 Å². The average molecular weight is 731 g/mol. The second-order valence-corrected chi connectivity index (χ2v) is 15.0. The van der Waals surface area contributed by atoms with Gasteiger partial charge >= 0.3 is 0 Å². The van der Waals surface area contributed by atoms with E-state index in [0.29, 0.717) is 0 Å². The first-order chi connectivity index (χ1) is 28.1. The van der Waals surface area contributed by atoms with Gasteiger partial charge in [-0.05, 0) is 113 Å². The number of nitrogens with zero attached hydrogens (tertiary/aromatic N) is 2. The second kappa shape index (κ2) is 13.1. The lowest BCUT2D eigenvalue weighted by Gasteiger charge is -2.28. The summed E-state index contributed by atoms with van der Waals surface area (Å²) in [5, 5.41) is 8.57. The smallest absolute Gasteiger partial charge is 0.142 e. The first kappa shape index (κ1) is 33.0. The molecular weight excluding hydrogens is 693 g/mol. The van der Waals surface area contributed by atoms with Crippen molar-refractivity contribution in [3.63, 3.8) is 0 Å². The molecule has 0 aliphatic rings. The highest BCUT2D eigenvalue weighted by Crippen LogP contribution is 2.44. The molecule has 3 heteroatoms. The zero-order valence-corrected chi connectivity index (χ0v) is 31.8. The number of para-hydroxylation sites is 3. The topological polar surface area (TPSA) is 21.3 Å². The third kappa shape index (κ3) is 5.35. The maximum Gasteiger partial charge on any atom is 0.142 e. The molecule has 0 saturated heterocycles. The van der Waals surface area contributed by atoms with Gasteiger partial charge in [-0.2, -0.15) is 0 Å². The van der Waals surface area contributed by atoms with Gasteiger partial charge in [-0.25, -0.2) is 0 Å². The Hall–Kier alpha value is -7.36. The van der Waals surface area contributed by atoms with Gasteiger partial charge in [0.1, 0.15) is 11.3 Å². The van der Waals surface area contributed by atoms with Crippen LogP contribution in [0.15, 0.2) is 199 Å². The highest BCUT2D eigenvalue weighted by Gasteiger charge is 2.19. The number of rotatable bonds is 6. The highest BCUT2D eigenvalue weighted by atomic mass is 16.3. The van der Waals surface area contributed by atoms with Crippen molar-refractivity contribution in [2.75, 3.05) is 4.90 Å². The van der Waals surface area contributed by atoms with Crippen molar-refractivity contribution >= 4 is 71.4 Å². The molecule has 2 aromatic heterocycles. The van der Waals surface area contributed by atoms with Gasteiger partial charge in [0, 0.05) is 44.2 Å². The van der Waals surface area contributed by atoms with E-state index in [4.69, 9.17) is 4.42 Å². The van der Waals surface area contributed by atoms with Gasteiger partial charge in [0.25, 0.3) is 0 Å². The van der Waals surface area contributed by atoms with Gasteiger partial charge in [0.05, 0.1) is 16.7 Å². The molecule has 0 aliphatic heterocycles. The average Bonchev–Trinajstić information content (AvgIpc) is 3.76. The van der Waals surface area contributed by atoms with Crippen LogP contribution in [0.25, 0.3) is 82.3 Å². The minimum Gasteiger partial charge on any atom is -0.460 e. The number of furan rings is 1. The predicted molar refractivity (Wildman–Crippen MR) is 241 cm³/mol. The molecule has 0 spiro atoms. The van der Waals surface area contributed by atoms with Gasteiger partial charge in [-0.3, -0.25) is 0 Å². The summed E-state index contributed by atoms with van der Waals surface area (Å²) in [7, 11) is 0. The van der Waals surface area contributed by atoms with E-state index in [-0.39, 0.29) is 0 Å². The van der Waals surface area contributed by atoms with Crippen LogP contribution in [0.5, 0.6) is 0 Å². The summed E-state index contributed by atoms with van der Waals surface area (Å²) in [5.74, 6) is 0.964. The Bertz CT molecular complexity index is 3300. The number of aryl methyl sites for hydroxylation is 2. The molecule has 0 saturated carbocycles. The molecule has 9 aromatic carbocycles. The number of aromatic nitrogens is 1. The van der Waals surface area contributed by atoms with Crippen LogP contribution >= 0.6 is 0 Å². The minimum absolute atomic E-state index is 0.941. The van der Waals surface area contributed by atoms with E-state index in [2.05, 4.69) is 211 Å². The second-order valence-electron chi connectivity index (χ2n) is 15.0. The Morgan fingerprint density at radius 3 is 1.79 bits per heavy atom. The number of benzene rings is 9. The molecule has 0 radical (unpaired) electrons. The van der Waals surface area contributed by atoms with Gasteiger partial charge in [0.15, 0.2) is 0 Å². The van der Waals surface area contributed by atoms with E-state index in [0.717, 1.165) is 39.5 Å². The molecule has 0 amide bonds. The standard InChI is InChI=1S/C54H38N2O/c1-35-36(2)57-54-44(35)20-12-21-46(54)38-25-30-43(31-26-38)55(53-34-40-13-6-7-16-45(40)47-17-8-9-18-48(47)53)42-28-23-37(24-29-42)39-27-32-52-50(33-39)49-19-10-11-22-51(49)56(52)41-14-4-3-5-15-41/h3-34H,1-2H3. The van der Waals surface area contributed by atoms with Gasteiger partial charge in [-0.15, -0.1) is 0 Å². The van der Waals surface area contributed by atoms with Crippen molar-refractivity contribution in [1.82, 2.24) is 4.57 Å². The van der Waals surface area contributed by atoms with Gasteiger partial charge in [0.2, 0.25) is 0 Å². The van der Waals surface area contributed by atoms with Crippen LogP contribution in [-0.4, -0.2) is 4.57 Å². The lowest BCUT2D eigenvalue weighted by Crippen LogP contribution is -2.10. The number of hydrogen-bond acceptors (Lipinski definition) is 2. The predicted octanol–water partition coefficient (Wildman–Crippen LogP) is 15.3. The van der Waals surface area contributed by atoms with Crippen LogP contribution in [0, 0.1) is 13.8 Å². The summed E-state index contributed by atoms with van der Waals surface area (Å²) in [6.45, 7) is 4.18. The van der Waals surface area contributed by atoms with Crippen molar-refractivity contribution < 1.29 is 4.42 Å². The van der Waals surface area contributed by atoms with Crippen molar-refractivity contribution in [2.45, 2.75) is 13.8 Å². The quantitative estimate of drug-likeness (QED) is 0.159. The summed E-state index contributed by atoms with van der Waals surface area (Å²) in [4.78, 5) is 2.40. The van der Waals surface area contributed by atoms with Crippen LogP contribution in [0.2, 0.25) is 0 Å². The molecule has 0 N–H and O–H groups in total. The lowest BCUT2D eigenvalue weighted by molar-refractivity contribution is 0.576. The third-order valence-corrected chi connectivity index (χ3v) is 11.8. The maximum absolute atomic E-state index is 6.29. The van der Waals surface area contributed by atoms with Crippen molar-refractivity contribution in [1.29, 1.82) is 0 Å². The maximum atomic E-state index is 6.29. The van der Waals surface area contributed by atoms with Crippen LogP contribution in [-0.2, 0) is 0 Å². The summed E-state index contributed by atoms with van der Waals surface area (Å²) < 4.78 is 8.66. The van der Waals surface area contributed by atoms with Crippen molar-refractivity contribution in [3.8, 4) is 27.9 Å². The van der Waals surface area contributed by atoms with Crippen LogP contribution in [0.4, 0.5) is 17.1 Å². The first-order valence-electron chi connectivity index (χ1n) is 19.6. The summed E-state index contributed by atoms with van der Waals surface area (Å²) in [6.07, 6.45) is 0. The van der Waals surface area contributed by atoms with Crippen molar-refractivity contribution in [3.05, 3.63) is 205 Å². The van der Waals surface area contributed by atoms with Crippen LogP contribution < -0.4 is 4.90 Å². The molecule has 0 aliphatic carbocycles.